The molecule has 0 radical (unpaired) electrons. The molecule has 0 aliphatic heterocycles. The number of fused-ring (bicyclic) bond motifs is 1. The molecule has 8 heteroatoms. The van der Waals surface area contributed by atoms with Crippen LogP contribution in [0, 0.1) is 13.8 Å². The predicted molar refractivity (Wildman–Crippen MR) is 124 cm³/mol. The van der Waals surface area contributed by atoms with Crippen LogP contribution in [0.1, 0.15) is 17.0 Å². The van der Waals surface area contributed by atoms with Crippen LogP contribution in [-0.4, -0.2) is 24.7 Å². The zero-order valence-electron chi connectivity index (χ0n) is 17.5. The molecule has 0 spiro atoms. The van der Waals surface area contributed by atoms with Crippen molar-refractivity contribution in [1.29, 1.82) is 0 Å². The van der Waals surface area contributed by atoms with E-state index in [0.717, 1.165) is 16.7 Å². The SMILES string of the molecule is Cc1ccc(-c2nc(CSc3nc4ccccc4c(=O)n3-c3ccc(C)cn3)no2)cc1. The van der Waals surface area contributed by atoms with Gasteiger partial charge < -0.3 is 4.52 Å². The third-order valence-electron chi connectivity index (χ3n) is 4.97. The van der Waals surface area contributed by atoms with Crippen LogP contribution in [0.3, 0.4) is 0 Å². The number of pyridine rings is 1. The van der Waals surface area contributed by atoms with Gasteiger partial charge in [0.1, 0.15) is 5.82 Å². The Balaban J connectivity index is 1.50. The highest BCUT2D eigenvalue weighted by Gasteiger charge is 2.16. The molecule has 0 saturated heterocycles. The molecule has 0 N–H and O–H groups in total. The number of benzene rings is 2. The molecule has 0 amide bonds. The molecule has 0 aliphatic rings. The van der Waals surface area contributed by atoms with Gasteiger partial charge in [-0.05, 0) is 49.7 Å². The third-order valence-corrected chi connectivity index (χ3v) is 5.90. The highest BCUT2D eigenvalue weighted by Crippen LogP contribution is 2.25. The van der Waals surface area contributed by atoms with E-state index < -0.39 is 0 Å². The van der Waals surface area contributed by atoms with Crippen molar-refractivity contribution in [3.8, 4) is 17.3 Å². The smallest absolute Gasteiger partial charge is 0.267 e. The van der Waals surface area contributed by atoms with E-state index in [1.165, 1.54) is 16.3 Å². The van der Waals surface area contributed by atoms with Crippen LogP contribution >= 0.6 is 11.8 Å². The van der Waals surface area contributed by atoms with E-state index >= 15 is 0 Å². The van der Waals surface area contributed by atoms with Crippen molar-refractivity contribution in [1.82, 2.24) is 24.7 Å². The van der Waals surface area contributed by atoms with Gasteiger partial charge in [-0.15, -0.1) is 0 Å². The Hall–Kier alpha value is -3.78. The third kappa shape index (κ3) is 3.92. The molecule has 0 fully saturated rings. The molecule has 3 heterocycles. The van der Waals surface area contributed by atoms with Gasteiger partial charge in [-0.2, -0.15) is 4.98 Å². The Morgan fingerprint density at radius 1 is 0.938 bits per heavy atom. The number of nitrogens with zero attached hydrogens (tertiary/aromatic N) is 5. The fourth-order valence-corrected chi connectivity index (χ4v) is 4.10. The van der Waals surface area contributed by atoms with E-state index in [1.807, 2.05) is 68.4 Å². The number of rotatable bonds is 5. The van der Waals surface area contributed by atoms with E-state index in [4.69, 9.17) is 9.51 Å². The van der Waals surface area contributed by atoms with Crippen molar-refractivity contribution in [2.24, 2.45) is 0 Å². The second-order valence-electron chi connectivity index (χ2n) is 7.42. The summed E-state index contributed by atoms with van der Waals surface area (Å²) < 4.78 is 6.96. The van der Waals surface area contributed by atoms with Crippen LogP contribution in [0.15, 0.2) is 81.3 Å². The van der Waals surface area contributed by atoms with Gasteiger partial charge in [0, 0.05) is 11.8 Å². The summed E-state index contributed by atoms with van der Waals surface area (Å²) in [5, 5.41) is 5.15. The molecule has 0 bridgehead atoms. The molecular weight excluding hydrogens is 422 g/mol. The number of hydrogen-bond acceptors (Lipinski definition) is 7. The van der Waals surface area contributed by atoms with Crippen molar-refractivity contribution < 1.29 is 4.52 Å². The van der Waals surface area contributed by atoms with Gasteiger partial charge in [-0.3, -0.25) is 4.79 Å². The maximum absolute atomic E-state index is 13.3. The normalized spacial score (nSPS) is 11.2. The second kappa shape index (κ2) is 8.39. The van der Waals surface area contributed by atoms with Crippen molar-refractivity contribution in [3.63, 3.8) is 0 Å². The lowest BCUT2D eigenvalue weighted by molar-refractivity contribution is 0.425. The van der Waals surface area contributed by atoms with E-state index in [2.05, 4.69) is 15.1 Å². The Bertz CT molecular complexity index is 1460. The van der Waals surface area contributed by atoms with Gasteiger partial charge in [0.15, 0.2) is 11.0 Å². The number of hydrogen-bond donors (Lipinski definition) is 0. The first-order valence-electron chi connectivity index (χ1n) is 10.1. The fraction of sp³-hybridized carbons (Fsp3) is 0.125. The first-order chi connectivity index (χ1) is 15.6. The lowest BCUT2D eigenvalue weighted by Crippen LogP contribution is -2.22. The molecule has 158 valence electrons. The molecular formula is C24H19N5O2S. The number of aromatic nitrogens is 5. The van der Waals surface area contributed by atoms with Crippen LogP contribution in [0.2, 0.25) is 0 Å². The van der Waals surface area contributed by atoms with Crippen LogP contribution in [0.25, 0.3) is 28.2 Å². The zero-order valence-corrected chi connectivity index (χ0v) is 18.3. The zero-order chi connectivity index (χ0) is 22.1. The maximum Gasteiger partial charge on any atom is 0.267 e. The average Bonchev–Trinajstić information content (AvgIpc) is 3.28. The first-order valence-corrected chi connectivity index (χ1v) is 11.0. The molecule has 32 heavy (non-hydrogen) atoms. The summed E-state index contributed by atoms with van der Waals surface area (Å²) in [6.07, 6.45) is 1.73. The summed E-state index contributed by atoms with van der Waals surface area (Å²) >= 11 is 1.37. The first kappa shape index (κ1) is 20.1. The summed E-state index contributed by atoms with van der Waals surface area (Å²) in [6, 6.07) is 18.9. The molecule has 0 atom stereocenters. The minimum absolute atomic E-state index is 0.164. The van der Waals surface area contributed by atoms with Gasteiger partial charge in [0.2, 0.25) is 0 Å². The summed E-state index contributed by atoms with van der Waals surface area (Å²) in [7, 11) is 0. The molecule has 7 nitrogen and oxygen atoms in total. The Kier molecular flexibility index (Phi) is 5.28. The van der Waals surface area contributed by atoms with Crippen molar-refractivity contribution in [2.45, 2.75) is 24.8 Å². The van der Waals surface area contributed by atoms with Crippen LogP contribution < -0.4 is 5.56 Å². The van der Waals surface area contributed by atoms with Crippen LogP contribution in [0.5, 0.6) is 0 Å². The predicted octanol–water partition coefficient (Wildman–Crippen LogP) is 4.74. The summed E-state index contributed by atoms with van der Waals surface area (Å²) in [4.78, 5) is 26.9. The van der Waals surface area contributed by atoms with Gasteiger partial charge in [-0.25, -0.2) is 14.5 Å². The molecule has 2 aromatic carbocycles. The van der Waals surface area contributed by atoms with Crippen LogP contribution in [-0.2, 0) is 5.75 Å². The lowest BCUT2D eigenvalue weighted by atomic mass is 10.1. The monoisotopic (exact) mass is 441 g/mol. The minimum atomic E-state index is -0.164. The van der Waals surface area contributed by atoms with E-state index in [-0.39, 0.29) is 5.56 Å². The molecule has 0 saturated carbocycles. The van der Waals surface area contributed by atoms with E-state index in [9.17, 15) is 4.79 Å². The van der Waals surface area contributed by atoms with E-state index in [1.54, 1.807) is 12.3 Å². The van der Waals surface area contributed by atoms with Crippen molar-refractivity contribution in [2.75, 3.05) is 0 Å². The van der Waals surface area contributed by atoms with Gasteiger partial charge in [0.25, 0.3) is 11.4 Å². The van der Waals surface area contributed by atoms with Crippen LogP contribution in [0.4, 0.5) is 0 Å². The Morgan fingerprint density at radius 2 is 1.72 bits per heavy atom. The van der Waals surface area contributed by atoms with Gasteiger partial charge in [-0.1, -0.05) is 52.8 Å². The number of thioether (sulfide) groups is 1. The summed E-state index contributed by atoms with van der Waals surface area (Å²) in [6.45, 7) is 3.98. The highest BCUT2D eigenvalue weighted by atomic mass is 32.2. The fourth-order valence-electron chi connectivity index (χ4n) is 3.26. The molecule has 3 aromatic heterocycles. The minimum Gasteiger partial charge on any atom is -0.334 e. The molecule has 0 aliphatic carbocycles. The van der Waals surface area contributed by atoms with Crippen molar-refractivity contribution in [3.05, 3.63) is 94.2 Å². The number of aryl methyl sites for hydroxylation is 2. The Labute approximate surface area is 188 Å². The van der Waals surface area contributed by atoms with Gasteiger partial charge >= 0.3 is 0 Å². The molecule has 5 aromatic rings. The number of para-hydroxylation sites is 1. The summed E-state index contributed by atoms with van der Waals surface area (Å²) in [5.41, 5.74) is 3.51. The van der Waals surface area contributed by atoms with Crippen molar-refractivity contribution >= 4 is 22.7 Å². The topological polar surface area (TPSA) is 86.7 Å². The Morgan fingerprint density at radius 3 is 2.50 bits per heavy atom. The van der Waals surface area contributed by atoms with E-state index in [0.29, 0.717) is 39.3 Å². The average molecular weight is 442 g/mol. The van der Waals surface area contributed by atoms with Gasteiger partial charge in [0.05, 0.1) is 16.7 Å². The largest absolute Gasteiger partial charge is 0.334 e. The second-order valence-corrected chi connectivity index (χ2v) is 8.36. The standard InChI is InChI=1S/C24H19N5O2S/c1-15-7-10-17(11-8-15)22-27-20(28-31-22)14-32-24-26-19-6-4-3-5-18(19)23(30)29(24)21-12-9-16(2)13-25-21/h3-13H,14H2,1-2H3. The summed E-state index contributed by atoms with van der Waals surface area (Å²) in [5.74, 6) is 1.90. The maximum atomic E-state index is 13.3. The molecule has 5 rings (SSSR count). The lowest BCUT2D eigenvalue weighted by Gasteiger charge is -2.12. The quantitative estimate of drug-likeness (QED) is 0.288. The highest BCUT2D eigenvalue weighted by molar-refractivity contribution is 7.98. The molecule has 0 unspecified atom stereocenters.